The SMILES string of the molecule is CCCCCCCCCCCCCCCCCCC(COC(C)=O)C(Br)COP(=O)(O)O. The van der Waals surface area contributed by atoms with E-state index in [1.165, 1.54) is 96.8 Å². The standard InChI is InChI=1S/C24H48BrO6P/c1-3-4-5-6-7-8-9-10-11-12-13-14-15-16-17-18-19-23(20-30-22(2)26)24(25)21-31-32(27,28)29/h23-24H,3-21H2,1-2H3,(H2,27,28,29). The fraction of sp³-hybridized carbons (Fsp3) is 0.958. The summed E-state index contributed by atoms with van der Waals surface area (Å²) in [6.45, 7) is 3.74. The zero-order chi connectivity index (χ0) is 24.1. The number of carbonyl (C=O) groups excluding carboxylic acids is 1. The Morgan fingerprint density at radius 1 is 0.781 bits per heavy atom. The highest BCUT2D eigenvalue weighted by atomic mass is 79.9. The van der Waals surface area contributed by atoms with Gasteiger partial charge in [-0.3, -0.25) is 9.32 Å². The molecule has 0 saturated carbocycles. The molecule has 0 saturated heterocycles. The number of phosphoric ester groups is 1. The number of esters is 1. The van der Waals surface area contributed by atoms with Crippen molar-refractivity contribution in [3.63, 3.8) is 0 Å². The highest BCUT2D eigenvalue weighted by Gasteiger charge is 2.24. The van der Waals surface area contributed by atoms with Gasteiger partial charge < -0.3 is 14.5 Å². The first-order chi connectivity index (χ1) is 15.3. The summed E-state index contributed by atoms with van der Waals surface area (Å²) in [5, 5.41) is 0. The normalized spacial score (nSPS) is 13.8. The van der Waals surface area contributed by atoms with Gasteiger partial charge in [0.05, 0.1) is 13.2 Å². The van der Waals surface area contributed by atoms with E-state index >= 15 is 0 Å². The second-order valence-corrected chi connectivity index (χ2v) is 11.4. The first kappa shape index (κ1) is 32.1. The lowest BCUT2D eigenvalue weighted by molar-refractivity contribution is -0.142. The van der Waals surface area contributed by atoms with E-state index in [1.807, 2.05) is 0 Å². The van der Waals surface area contributed by atoms with Crippen LogP contribution < -0.4 is 0 Å². The van der Waals surface area contributed by atoms with Crippen molar-refractivity contribution in [3.8, 4) is 0 Å². The summed E-state index contributed by atoms with van der Waals surface area (Å²) >= 11 is 3.44. The highest BCUT2D eigenvalue weighted by molar-refractivity contribution is 9.09. The smallest absolute Gasteiger partial charge is 0.466 e. The number of phosphoric acid groups is 1. The zero-order valence-electron chi connectivity index (χ0n) is 20.4. The summed E-state index contributed by atoms with van der Waals surface area (Å²) < 4.78 is 20.6. The number of halogens is 1. The van der Waals surface area contributed by atoms with Crippen LogP contribution in [0.4, 0.5) is 0 Å². The first-order valence-electron chi connectivity index (χ1n) is 12.7. The third-order valence-electron chi connectivity index (χ3n) is 5.84. The molecule has 0 amide bonds. The molecule has 32 heavy (non-hydrogen) atoms. The van der Waals surface area contributed by atoms with Crippen LogP contribution in [-0.2, 0) is 18.6 Å². The average molecular weight is 544 g/mol. The van der Waals surface area contributed by atoms with E-state index in [1.54, 1.807) is 0 Å². The fourth-order valence-electron chi connectivity index (χ4n) is 3.85. The summed E-state index contributed by atoms with van der Waals surface area (Å²) in [5.41, 5.74) is 0. The second kappa shape index (κ2) is 21.6. The molecule has 6 nitrogen and oxygen atoms in total. The number of hydrogen-bond donors (Lipinski definition) is 2. The summed E-state index contributed by atoms with van der Waals surface area (Å²) in [6, 6.07) is 0. The van der Waals surface area contributed by atoms with Crippen molar-refractivity contribution in [1.29, 1.82) is 0 Å². The molecule has 0 aromatic rings. The fourth-order valence-corrected chi connectivity index (χ4v) is 4.96. The van der Waals surface area contributed by atoms with E-state index in [-0.39, 0.29) is 29.9 Å². The van der Waals surface area contributed by atoms with Crippen LogP contribution in [0.25, 0.3) is 0 Å². The maximum absolute atomic E-state index is 11.1. The van der Waals surface area contributed by atoms with Crippen LogP contribution >= 0.6 is 23.8 Å². The van der Waals surface area contributed by atoms with Crippen LogP contribution in [0.5, 0.6) is 0 Å². The quantitative estimate of drug-likeness (QED) is 0.0594. The van der Waals surface area contributed by atoms with Gasteiger partial charge in [0.1, 0.15) is 0 Å². The first-order valence-corrected chi connectivity index (χ1v) is 15.2. The minimum absolute atomic E-state index is 0.0305. The Hall–Kier alpha value is 0.0600. The molecule has 0 aliphatic carbocycles. The average Bonchev–Trinajstić information content (AvgIpc) is 2.73. The molecular formula is C24H48BrO6P. The minimum atomic E-state index is -4.50. The van der Waals surface area contributed by atoms with E-state index in [2.05, 4.69) is 27.4 Å². The number of alkyl halides is 1. The molecule has 2 unspecified atom stereocenters. The summed E-state index contributed by atoms with van der Waals surface area (Å²) in [5.74, 6) is -0.380. The summed E-state index contributed by atoms with van der Waals surface area (Å²) in [6.07, 6.45) is 21.9. The maximum Gasteiger partial charge on any atom is 0.469 e. The van der Waals surface area contributed by atoms with Crippen molar-refractivity contribution < 1.29 is 28.4 Å². The molecule has 192 valence electrons. The third kappa shape index (κ3) is 23.2. The monoisotopic (exact) mass is 542 g/mol. The molecule has 2 atom stereocenters. The molecule has 0 aromatic carbocycles. The van der Waals surface area contributed by atoms with Crippen LogP contribution in [0, 0.1) is 5.92 Å². The summed E-state index contributed by atoms with van der Waals surface area (Å²) in [4.78, 5) is 28.6. The lowest BCUT2D eigenvalue weighted by atomic mass is 9.97. The summed E-state index contributed by atoms with van der Waals surface area (Å²) in [7, 11) is -4.50. The lowest BCUT2D eigenvalue weighted by Gasteiger charge is -2.22. The Labute approximate surface area is 205 Å². The van der Waals surface area contributed by atoms with Crippen molar-refractivity contribution >= 4 is 29.7 Å². The molecule has 0 aliphatic heterocycles. The van der Waals surface area contributed by atoms with Gasteiger partial charge in [-0.2, -0.15) is 0 Å². The Kier molecular flexibility index (Phi) is 21.6. The number of hydrogen-bond acceptors (Lipinski definition) is 4. The Morgan fingerprint density at radius 2 is 1.19 bits per heavy atom. The van der Waals surface area contributed by atoms with Gasteiger partial charge in [-0.25, -0.2) is 4.57 Å². The lowest BCUT2D eigenvalue weighted by Crippen LogP contribution is -2.25. The molecule has 0 heterocycles. The molecule has 8 heteroatoms. The van der Waals surface area contributed by atoms with Crippen LogP contribution in [0.3, 0.4) is 0 Å². The maximum atomic E-state index is 11.1. The van der Waals surface area contributed by atoms with Crippen LogP contribution in [0.1, 0.15) is 123 Å². The highest BCUT2D eigenvalue weighted by Crippen LogP contribution is 2.37. The van der Waals surface area contributed by atoms with E-state index in [0.29, 0.717) is 0 Å². The van der Waals surface area contributed by atoms with E-state index in [4.69, 9.17) is 14.5 Å². The van der Waals surface area contributed by atoms with Crippen LogP contribution in [-0.4, -0.2) is 33.8 Å². The van der Waals surface area contributed by atoms with Gasteiger partial charge in [0, 0.05) is 17.7 Å². The van der Waals surface area contributed by atoms with Crippen molar-refractivity contribution in [3.05, 3.63) is 0 Å². The van der Waals surface area contributed by atoms with E-state index in [9.17, 15) is 9.36 Å². The Morgan fingerprint density at radius 3 is 1.56 bits per heavy atom. The largest absolute Gasteiger partial charge is 0.469 e. The molecule has 0 bridgehead atoms. The van der Waals surface area contributed by atoms with Crippen molar-refractivity contribution in [2.45, 2.75) is 128 Å². The van der Waals surface area contributed by atoms with Crippen molar-refractivity contribution in [2.75, 3.05) is 13.2 Å². The van der Waals surface area contributed by atoms with Gasteiger partial charge in [0.2, 0.25) is 0 Å². The molecule has 0 fully saturated rings. The topological polar surface area (TPSA) is 93.1 Å². The molecule has 0 spiro atoms. The van der Waals surface area contributed by atoms with Crippen molar-refractivity contribution in [2.24, 2.45) is 5.92 Å². The predicted octanol–water partition coefficient (Wildman–Crippen LogP) is 7.69. The predicted molar refractivity (Wildman–Crippen MR) is 135 cm³/mol. The molecule has 0 rings (SSSR count). The molecule has 2 N–H and O–H groups in total. The minimum Gasteiger partial charge on any atom is -0.466 e. The van der Waals surface area contributed by atoms with Crippen molar-refractivity contribution in [1.82, 2.24) is 0 Å². The van der Waals surface area contributed by atoms with Gasteiger partial charge >= 0.3 is 13.8 Å². The molecule has 0 radical (unpaired) electrons. The number of carbonyl (C=O) groups is 1. The van der Waals surface area contributed by atoms with Gasteiger partial charge in [-0.05, 0) is 6.42 Å². The molecular weight excluding hydrogens is 495 g/mol. The van der Waals surface area contributed by atoms with Gasteiger partial charge in [0.25, 0.3) is 0 Å². The Balaban J connectivity index is 3.69. The van der Waals surface area contributed by atoms with Gasteiger partial charge in [-0.15, -0.1) is 0 Å². The Bertz CT molecular complexity index is 485. The van der Waals surface area contributed by atoms with Gasteiger partial charge in [0.15, 0.2) is 0 Å². The number of rotatable bonds is 23. The van der Waals surface area contributed by atoms with E-state index < -0.39 is 7.82 Å². The number of ether oxygens (including phenoxy) is 1. The molecule has 0 aliphatic rings. The third-order valence-corrected chi connectivity index (χ3v) is 7.34. The number of unbranched alkanes of at least 4 members (excludes halogenated alkanes) is 15. The zero-order valence-corrected chi connectivity index (χ0v) is 22.9. The van der Waals surface area contributed by atoms with E-state index in [0.717, 1.165) is 19.3 Å². The van der Waals surface area contributed by atoms with Gasteiger partial charge in [-0.1, -0.05) is 126 Å². The molecule has 0 aromatic heterocycles. The van der Waals surface area contributed by atoms with Crippen LogP contribution in [0.2, 0.25) is 0 Å². The van der Waals surface area contributed by atoms with Crippen LogP contribution in [0.15, 0.2) is 0 Å². The second-order valence-electron chi connectivity index (χ2n) is 8.96.